The van der Waals surface area contributed by atoms with Gasteiger partial charge in [-0.3, -0.25) is 14.3 Å². The van der Waals surface area contributed by atoms with Crippen molar-refractivity contribution in [2.75, 3.05) is 12.8 Å². The van der Waals surface area contributed by atoms with E-state index in [9.17, 15) is 18.7 Å². The number of benzene rings is 1. The van der Waals surface area contributed by atoms with Crippen molar-refractivity contribution in [2.45, 2.75) is 18.7 Å². The van der Waals surface area contributed by atoms with Crippen LogP contribution in [0.25, 0.3) is 0 Å². The summed E-state index contributed by atoms with van der Waals surface area (Å²) in [6, 6.07) is 4.06. The first-order valence-electron chi connectivity index (χ1n) is 5.38. The molecule has 1 aromatic carbocycles. The number of halogens is 1. The van der Waals surface area contributed by atoms with Gasteiger partial charge < -0.3 is 5.32 Å². The Bertz CT molecular complexity index is 468. The first-order valence-corrected chi connectivity index (χ1v) is 7.00. The molecule has 0 aliphatic heterocycles. The van der Waals surface area contributed by atoms with Gasteiger partial charge in [0, 0.05) is 47.0 Å². The molecule has 0 spiro atoms. The van der Waals surface area contributed by atoms with Crippen LogP contribution in [0, 0.1) is 15.9 Å². The zero-order chi connectivity index (χ0) is 13.7. The van der Waals surface area contributed by atoms with Crippen molar-refractivity contribution >= 4 is 16.5 Å². The Morgan fingerprint density at radius 3 is 2.78 bits per heavy atom. The van der Waals surface area contributed by atoms with Gasteiger partial charge in [0.15, 0.2) is 0 Å². The van der Waals surface area contributed by atoms with Crippen molar-refractivity contribution in [3.63, 3.8) is 0 Å². The summed E-state index contributed by atoms with van der Waals surface area (Å²) >= 11 is 0. The van der Waals surface area contributed by atoms with Crippen LogP contribution in [0.15, 0.2) is 18.2 Å². The molecule has 0 heterocycles. The van der Waals surface area contributed by atoms with Crippen molar-refractivity contribution in [3.8, 4) is 0 Å². The molecule has 100 valence electrons. The largest absolute Gasteiger partial charge is 0.311 e. The van der Waals surface area contributed by atoms with Crippen LogP contribution in [-0.4, -0.2) is 27.2 Å². The minimum atomic E-state index is -0.950. The van der Waals surface area contributed by atoms with Gasteiger partial charge in [-0.1, -0.05) is 12.1 Å². The molecule has 5 nitrogen and oxygen atoms in total. The molecular formula is C11H15FN2O3S. The van der Waals surface area contributed by atoms with E-state index in [2.05, 4.69) is 5.32 Å². The average Bonchev–Trinajstić information content (AvgIpc) is 2.30. The molecule has 1 N–H and O–H groups in total. The maximum absolute atomic E-state index is 13.7. The third-order valence-electron chi connectivity index (χ3n) is 2.57. The number of hydrogen-bond donors (Lipinski definition) is 1. The second-order valence-corrected chi connectivity index (χ2v) is 5.75. The minimum Gasteiger partial charge on any atom is -0.311 e. The van der Waals surface area contributed by atoms with Gasteiger partial charge in [0.05, 0.1) is 4.92 Å². The Morgan fingerprint density at radius 2 is 2.22 bits per heavy atom. The molecule has 0 aromatic heterocycles. The standard InChI is InChI=1S/C11H15FN2O3S/c1-8(18(2)17)6-13-7-9-4-3-5-10(11(9)12)14(15)16/h3-5,8,13H,6-7H2,1-2H3. The topological polar surface area (TPSA) is 72.2 Å². The smallest absolute Gasteiger partial charge is 0.305 e. The van der Waals surface area contributed by atoms with Crippen molar-refractivity contribution < 1.29 is 13.5 Å². The average molecular weight is 274 g/mol. The quantitative estimate of drug-likeness (QED) is 0.631. The first-order chi connectivity index (χ1) is 8.43. The second-order valence-electron chi connectivity index (χ2n) is 3.95. The molecule has 1 aromatic rings. The molecule has 0 fully saturated rings. The molecule has 0 aliphatic carbocycles. The number of hydrogen-bond acceptors (Lipinski definition) is 4. The van der Waals surface area contributed by atoms with Crippen molar-refractivity contribution in [1.82, 2.24) is 5.32 Å². The second kappa shape index (κ2) is 6.55. The number of nitrogens with zero attached hydrogens (tertiary/aromatic N) is 1. The summed E-state index contributed by atoms with van der Waals surface area (Å²) in [6.45, 7) is 2.45. The molecule has 0 bridgehead atoms. The van der Waals surface area contributed by atoms with Crippen LogP contribution in [0.3, 0.4) is 0 Å². The van der Waals surface area contributed by atoms with Crippen molar-refractivity contribution in [3.05, 3.63) is 39.7 Å². The summed E-state index contributed by atoms with van der Waals surface area (Å²) in [4.78, 5) is 9.80. The predicted octanol–water partition coefficient (Wildman–Crippen LogP) is 1.59. The monoisotopic (exact) mass is 274 g/mol. The van der Waals surface area contributed by atoms with E-state index in [4.69, 9.17) is 0 Å². The summed E-state index contributed by atoms with van der Waals surface area (Å²) in [5.41, 5.74) is -0.292. The van der Waals surface area contributed by atoms with Gasteiger partial charge in [-0.2, -0.15) is 4.39 Å². The Balaban J connectivity index is 2.66. The van der Waals surface area contributed by atoms with Gasteiger partial charge in [0.1, 0.15) is 0 Å². The summed E-state index contributed by atoms with van der Waals surface area (Å²) < 4.78 is 24.8. The third kappa shape index (κ3) is 3.85. The van der Waals surface area contributed by atoms with Crippen LogP contribution >= 0.6 is 0 Å². The molecule has 2 atom stereocenters. The lowest BCUT2D eigenvalue weighted by Gasteiger charge is -2.10. The Morgan fingerprint density at radius 1 is 1.56 bits per heavy atom. The number of rotatable bonds is 6. The molecule has 18 heavy (non-hydrogen) atoms. The highest BCUT2D eigenvalue weighted by Gasteiger charge is 2.16. The van der Waals surface area contributed by atoms with Crippen LogP contribution in [0.1, 0.15) is 12.5 Å². The fourth-order valence-electron chi connectivity index (χ4n) is 1.37. The molecule has 0 radical (unpaired) electrons. The summed E-state index contributed by atoms with van der Waals surface area (Å²) in [7, 11) is -0.950. The SMILES string of the molecule is CC(CNCc1cccc([N+](=O)[O-])c1F)S(C)=O. The minimum absolute atomic E-state index is 0.0493. The highest BCUT2D eigenvalue weighted by atomic mass is 32.2. The van der Waals surface area contributed by atoms with Crippen LogP contribution in [-0.2, 0) is 17.3 Å². The Hall–Kier alpha value is -1.34. The lowest BCUT2D eigenvalue weighted by atomic mass is 10.2. The number of nitrogens with one attached hydrogen (secondary N) is 1. The molecule has 0 amide bonds. The maximum atomic E-state index is 13.7. The maximum Gasteiger partial charge on any atom is 0.305 e. The predicted molar refractivity (Wildman–Crippen MR) is 68.3 cm³/mol. The van der Waals surface area contributed by atoms with E-state index in [1.807, 2.05) is 6.92 Å². The fourth-order valence-corrected chi connectivity index (χ4v) is 1.72. The Labute approximate surface area is 107 Å². The van der Waals surface area contributed by atoms with Gasteiger partial charge in [0.2, 0.25) is 5.82 Å². The van der Waals surface area contributed by atoms with E-state index in [1.54, 1.807) is 6.26 Å². The highest BCUT2D eigenvalue weighted by Crippen LogP contribution is 2.19. The molecular weight excluding hydrogens is 259 g/mol. The van der Waals surface area contributed by atoms with E-state index in [0.717, 1.165) is 6.07 Å². The van der Waals surface area contributed by atoms with Crippen LogP contribution in [0.5, 0.6) is 0 Å². The fraction of sp³-hybridized carbons (Fsp3) is 0.455. The van der Waals surface area contributed by atoms with E-state index >= 15 is 0 Å². The van der Waals surface area contributed by atoms with Crippen molar-refractivity contribution in [2.24, 2.45) is 0 Å². The van der Waals surface area contributed by atoms with Gasteiger partial charge in [-0.15, -0.1) is 0 Å². The zero-order valence-corrected chi connectivity index (χ0v) is 11.0. The number of nitro benzene ring substituents is 1. The molecule has 0 saturated heterocycles. The summed E-state index contributed by atoms with van der Waals surface area (Å²) in [5, 5.41) is 13.4. The molecule has 1 rings (SSSR count). The lowest BCUT2D eigenvalue weighted by molar-refractivity contribution is -0.387. The Kier molecular flexibility index (Phi) is 5.36. The van der Waals surface area contributed by atoms with Gasteiger partial charge in [-0.05, 0) is 6.92 Å². The van der Waals surface area contributed by atoms with E-state index in [-0.39, 0.29) is 17.4 Å². The summed E-state index contributed by atoms with van der Waals surface area (Å²) in [6.07, 6.45) is 1.60. The summed E-state index contributed by atoms with van der Waals surface area (Å²) in [5.74, 6) is -0.819. The van der Waals surface area contributed by atoms with Gasteiger partial charge >= 0.3 is 5.69 Å². The van der Waals surface area contributed by atoms with Crippen LogP contribution < -0.4 is 5.32 Å². The van der Waals surface area contributed by atoms with Crippen molar-refractivity contribution in [1.29, 1.82) is 0 Å². The van der Waals surface area contributed by atoms with E-state index in [1.165, 1.54) is 12.1 Å². The normalized spacial score (nSPS) is 14.2. The molecule has 7 heteroatoms. The van der Waals surface area contributed by atoms with Crippen LogP contribution in [0.2, 0.25) is 0 Å². The third-order valence-corrected chi connectivity index (χ3v) is 3.87. The highest BCUT2D eigenvalue weighted by molar-refractivity contribution is 7.84. The number of nitro groups is 1. The van der Waals surface area contributed by atoms with Gasteiger partial charge in [0.25, 0.3) is 0 Å². The van der Waals surface area contributed by atoms with E-state index < -0.39 is 27.2 Å². The molecule has 0 saturated carbocycles. The van der Waals surface area contributed by atoms with Gasteiger partial charge in [-0.25, -0.2) is 0 Å². The molecule has 2 unspecified atom stereocenters. The van der Waals surface area contributed by atoms with Crippen LogP contribution in [0.4, 0.5) is 10.1 Å². The zero-order valence-electron chi connectivity index (χ0n) is 10.2. The lowest BCUT2D eigenvalue weighted by Crippen LogP contribution is -2.27. The first kappa shape index (κ1) is 14.7. The molecule has 0 aliphatic rings. The van der Waals surface area contributed by atoms with E-state index in [0.29, 0.717) is 6.54 Å².